The molecular weight excluding hydrogens is 445 g/mol. The first kappa shape index (κ1) is 19.5. The highest BCUT2D eigenvalue weighted by molar-refractivity contribution is 6.17. The molecule has 0 saturated heterocycles. The molecule has 0 aliphatic heterocycles. The topological polar surface area (TPSA) is 30.7 Å². The molecule has 0 unspecified atom stereocenters. The van der Waals surface area contributed by atoms with E-state index in [0.29, 0.717) is 5.56 Å². The molecule has 0 spiro atoms. The van der Waals surface area contributed by atoms with Crippen LogP contribution in [-0.2, 0) is 0 Å². The van der Waals surface area contributed by atoms with E-state index < -0.39 is 0 Å². The van der Waals surface area contributed by atoms with Gasteiger partial charge in [0, 0.05) is 50.9 Å². The smallest absolute Gasteiger partial charge is 0.133 e. The summed E-state index contributed by atoms with van der Waals surface area (Å²) in [7, 11) is 0. The molecule has 0 radical (unpaired) electrons. The van der Waals surface area contributed by atoms with E-state index in [1.165, 1.54) is 0 Å². The van der Waals surface area contributed by atoms with Crippen LogP contribution in [0.3, 0.4) is 0 Å². The molecule has 2 aromatic heterocycles. The van der Waals surface area contributed by atoms with Gasteiger partial charge in [-0.15, -0.1) is 0 Å². The first-order valence-electron chi connectivity index (χ1n) is 12.0. The van der Waals surface area contributed by atoms with Gasteiger partial charge in [-0.25, -0.2) is 4.39 Å². The lowest BCUT2D eigenvalue weighted by Gasteiger charge is -2.13. The molecule has 2 heterocycles. The van der Waals surface area contributed by atoms with Crippen molar-refractivity contribution in [2.24, 2.45) is 0 Å². The van der Waals surface area contributed by atoms with E-state index in [1.54, 1.807) is 18.5 Å². The third-order valence-electron chi connectivity index (χ3n) is 7.33. The summed E-state index contributed by atoms with van der Waals surface area (Å²) in [6.45, 7) is 0. The van der Waals surface area contributed by atoms with Crippen LogP contribution < -0.4 is 0 Å². The Bertz CT molecular complexity index is 1940. The molecule has 0 atom stereocenters. The predicted octanol–water partition coefficient (Wildman–Crippen LogP) is 8.18. The summed E-state index contributed by atoms with van der Waals surface area (Å²) < 4.78 is 18.0. The maximum atomic E-state index is 15.9. The number of hydrogen-bond acceptors (Lipinski definition) is 2. The zero-order valence-electron chi connectivity index (χ0n) is 19.1. The van der Waals surface area contributed by atoms with Crippen molar-refractivity contribution in [1.29, 1.82) is 0 Å². The van der Waals surface area contributed by atoms with Gasteiger partial charge < -0.3 is 4.57 Å². The van der Waals surface area contributed by atoms with Crippen LogP contribution in [0.1, 0.15) is 0 Å². The average molecular weight is 464 g/mol. The molecule has 0 bridgehead atoms. The fourth-order valence-electron chi connectivity index (χ4n) is 5.83. The zero-order valence-corrected chi connectivity index (χ0v) is 19.1. The average Bonchev–Trinajstić information content (AvgIpc) is 3.44. The zero-order chi connectivity index (χ0) is 23.8. The summed E-state index contributed by atoms with van der Waals surface area (Å²) in [6.07, 6.45) is 3.44. The standard InChI is InChI=1S/C32H18FN3/c33-27-18-19(36-28-10-3-1-6-22(28)23-7-2-4-11-29(23)36)12-13-21(27)20-14-15-26-30-24(20)8-5-9-25(30)31-32(26)35-17-16-34-31/h1-18H. The number of fused-ring (bicyclic) bond motifs is 6. The molecule has 3 nitrogen and oxygen atoms in total. The van der Waals surface area contributed by atoms with Crippen molar-refractivity contribution < 1.29 is 4.39 Å². The van der Waals surface area contributed by atoms with Crippen LogP contribution in [0.5, 0.6) is 0 Å². The Kier molecular flexibility index (Phi) is 3.84. The largest absolute Gasteiger partial charge is 0.309 e. The van der Waals surface area contributed by atoms with Gasteiger partial charge in [0.15, 0.2) is 0 Å². The summed E-state index contributed by atoms with van der Waals surface area (Å²) in [5.41, 5.74) is 8.26. The van der Waals surface area contributed by atoms with Crippen molar-refractivity contribution in [2.45, 2.75) is 0 Å². The minimum atomic E-state index is -0.248. The number of nitrogens with zero attached hydrogens (tertiary/aromatic N) is 3. The number of halogens is 1. The van der Waals surface area contributed by atoms with Gasteiger partial charge in [-0.05, 0) is 41.3 Å². The Labute approximate surface area is 206 Å². The van der Waals surface area contributed by atoms with Gasteiger partial charge in [0.2, 0.25) is 0 Å². The van der Waals surface area contributed by atoms with Crippen molar-refractivity contribution in [3.05, 3.63) is 115 Å². The van der Waals surface area contributed by atoms with Crippen LogP contribution in [0.4, 0.5) is 4.39 Å². The lowest BCUT2D eigenvalue weighted by molar-refractivity contribution is 0.630. The number of rotatable bonds is 2. The second-order valence-electron chi connectivity index (χ2n) is 9.18. The van der Waals surface area contributed by atoms with Gasteiger partial charge in [0.05, 0.1) is 22.4 Å². The van der Waals surface area contributed by atoms with Crippen molar-refractivity contribution in [2.75, 3.05) is 0 Å². The van der Waals surface area contributed by atoms with Crippen molar-refractivity contribution in [3.8, 4) is 39.3 Å². The van der Waals surface area contributed by atoms with Crippen molar-refractivity contribution in [1.82, 2.24) is 14.5 Å². The maximum Gasteiger partial charge on any atom is 0.133 e. The highest BCUT2D eigenvalue weighted by atomic mass is 19.1. The SMILES string of the molecule is Fc1cc(-n2c3ccccc3c3ccccc32)ccc1-c1ccc2c3c(cccc13)-c1nccnc1-2. The second-order valence-corrected chi connectivity index (χ2v) is 9.18. The van der Waals surface area contributed by atoms with Gasteiger partial charge in [0.25, 0.3) is 0 Å². The van der Waals surface area contributed by atoms with Gasteiger partial charge in [0.1, 0.15) is 5.82 Å². The first-order valence-corrected chi connectivity index (χ1v) is 12.0. The minimum Gasteiger partial charge on any atom is -0.309 e. The van der Waals surface area contributed by atoms with Crippen LogP contribution in [0, 0.1) is 5.82 Å². The van der Waals surface area contributed by atoms with Crippen molar-refractivity contribution in [3.63, 3.8) is 0 Å². The predicted molar refractivity (Wildman–Crippen MR) is 144 cm³/mol. The molecular formula is C32H18FN3. The Morgan fingerprint density at radius 3 is 1.81 bits per heavy atom. The number of para-hydroxylation sites is 2. The van der Waals surface area contributed by atoms with Gasteiger partial charge >= 0.3 is 0 Å². The number of benzene rings is 5. The Morgan fingerprint density at radius 1 is 0.528 bits per heavy atom. The van der Waals surface area contributed by atoms with Crippen molar-refractivity contribution >= 4 is 32.6 Å². The van der Waals surface area contributed by atoms with Crippen LogP contribution in [0.25, 0.3) is 71.9 Å². The Hall–Kier alpha value is -4.83. The summed E-state index contributed by atoms with van der Waals surface area (Å²) in [4.78, 5) is 9.14. The van der Waals surface area contributed by atoms with Gasteiger partial charge in [-0.2, -0.15) is 0 Å². The van der Waals surface area contributed by atoms with E-state index in [1.807, 2.05) is 54.6 Å². The molecule has 36 heavy (non-hydrogen) atoms. The molecule has 1 aliphatic carbocycles. The normalized spacial score (nSPS) is 12.0. The monoisotopic (exact) mass is 463 g/mol. The highest BCUT2D eigenvalue weighted by Crippen LogP contribution is 2.47. The van der Waals surface area contributed by atoms with Gasteiger partial charge in [-0.1, -0.05) is 66.7 Å². The molecule has 8 rings (SSSR count). The summed E-state index contributed by atoms with van der Waals surface area (Å²) in [6, 6.07) is 32.3. The molecule has 7 aromatic rings. The lowest BCUT2D eigenvalue weighted by Crippen LogP contribution is -1.96. The van der Waals surface area contributed by atoms with E-state index >= 15 is 4.39 Å². The third kappa shape index (κ3) is 2.50. The Morgan fingerprint density at radius 2 is 1.11 bits per heavy atom. The fraction of sp³-hybridized carbons (Fsp3) is 0. The van der Waals surface area contributed by atoms with E-state index in [4.69, 9.17) is 0 Å². The summed E-state index contributed by atoms with van der Waals surface area (Å²) in [5.74, 6) is -0.248. The van der Waals surface area contributed by atoms with Gasteiger partial charge in [-0.3, -0.25) is 9.97 Å². The summed E-state index contributed by atoms with van der Waals surface area (Å²) >= 11 is 0. The first-order chi connectivity index (χ1) is 17.8. The molecule has 0 saturated carbocycles. The highest BCUT2D eigenvalue weighted by Gasteiger charge is 2.25. The number of aromatic nitrogens is 3. The molecule has 168 valence electrons. The van der Waals surface area contributed by atoms with E-state index in [2.05, 4.69) is 50.9 Å². The van der Waals surface area contributed by atoms with E-state index in [-0.39, 0.29) is 5.82 Å². The third-order valence-corrected chi connectivity index (χ3v) is 7.33. The molecule has 1 aliphatic rings. The fourth-order valence-corrected chi connectivity index (χ4v) is 5.83. The Balaban J connectivity index is 1.34. The van der Waals surface area contributed by atoms with Crippen LogP contribution >= 0.6 is 0 Å². The number of hydrogen-bond donors (Lipinski definition) is 0. The quantitative estimate of drug-likeness (QED) is 0.259. The lowest BCUT2D eigenvalue weighted by atomic mass is 9.94. The van der Waals surface area contributed by atoms with Crippen LogP contribution in [0.2, 0.25) is 0 Å². The minimum absolute atomic E-state index is 0.248. The molecule has 5 aromatic carbocycles. The molecule has 0 fully saturated rings. The van der Waals surface area contributed by atoms with E-state index in [9.17, 15) is 0 Å². The summed E-state index contributed by atoms with van der Waals surface area (Å²) in [5, 5.41) is 4.41. The molecule has 0 amide bonds. The van der Waals surface area contributed by atoms with Crippen LogP contribution in [0.15, 0.2) is 109 Å². The molecule has 4 heteroatoms. The van der Waals surface area contributed by atoms with E-state index in [0.717, 1.165) is 66.3 Å². The molecule has 0 N–H and O–H groups in total. The second kappa shape index (κ2) is 7.09. The maximum absolute atomic E-state index is 15.9. The van der Waals surface area contributed by atoms with Crippen LogP contribution in [-0.4, -0.2) is 14.5 Å².